The van der Waals surface area contributed by atoms with Gasteiger partial charge in [0.2, 0.25) is 5.91 Å². The van der Waals surface area contributed by atoms with E-state index >= 15 is 0 Å². The van der Waals surface area contributed by atoms with Crippen molar-refractivity contribution in [2.24, 2.45) is 5.73 Å². The van der Waals surface area contributed by atoms with Crippen LogP contribution in [0.2, 0.25) is 0 Å². The Balaban J connectivity index is 0.00000108. The number of aryl methyl sites for hydroxylation is 1. The molecular weight excluding hydrogens is 236 g/mol. The first-order valence-electron chi connectivity index (χ1n) is 5.87. The molecule has 0 aromatic heterocycles. The van der Waals surface area contributed by atoms with Gasteiger partial charge in [0.25, 0.3) is 0 Å². The first-order valence-corrected chi connectivity index (χ1v) is 5.87. The smallest absolute Gasteiger partial charge is 0.240 e. The van der Waals surface area contributed by atoms with Gasteiger partial charge in [0.05, 0.1) is 11.6 Å². The van der Waals surface area contributed by atoms with E-state index in [9.17, 15) is 4.79 Å². The van der Waals surface area contributed by atoms with Crippen molar-refractivity contribution >= 4 is 18.3 Å². The zero-order chi connectivity index (χ0) is 11.2. The molecule has 0 spiro atoms. The second-order valence-electron chi connectivity index (χ2n) is 4.92. The van der Waals surface area contributed by atoms with E-state index in [0.717, 1.165) is 25.7 Å². The molecule has 2 aliphatic rings. The van der Waals surface area contributed by atoms with Gasteiger partial charge >= 0.3 is 0 Å². The summed E-state index contributed by atoms with van der Waals surface area (Å²) in [4.78, 5) is 11.9. The lowest BCUT2D eigenvalue weighted by Gasteiger charge is -2.17. The molecule has 1 aromatic rings. The normalized spacial score (nSPS) is 23.5. The topological polar surface area (TPSA) is 55.1 Å². The monoisotopic (exact) mass is 252 g/mol. The molecule has 1 atom stereocenters. The average molecular weight is 253 g/mol. The van der Waals surface area contributed by atoms with Crippen LogP contribution in [-0.4, -0.2) is 11.4 Å². The quantitative estimate of drug-likeness (QED) is 0.842. The summed E-state index contributed by atoms with van der Waals surface area (Å²) in [5, 5.41) is 3.07. The third-order valence-corrected chi connectivity index (χ3v) is 3.68. The van der Waals surface area contributed by atoms with E-state index in [2.05, 4.69) is 17.4 Å². The van der Waals surface area contributed by atoms with Crippen LogP contribution in [0.3, 0.4) is 0 Å². The maximum absolute atomic E-state index is 11.9. The minimum Gasteiger partial charge on any atom is -0.348 e. The molecular formula is C13H17ClN2O. The fourth-order valence-electron chi connectivity index (χ4n) is 2.37. The number of halogens is 1. The Bertz CT molecular complexity index is 443. The van der Waals surface area contributed by atoms with Crippen molar-refractivity contribution < 1.29 is 4.79 Å². The highest BCUT2D eigenvalue weighted by Gasteiger charge is 2.46. The van der Waals surface area contributed by atoms with Gasteiger partial charge in [-0.3, -0.25) is 4.79 Å². The van der Waals surface area contributed by atoms with Gasteiger partial charge in [-0.2, -0.15) is 0 Å². The van der Waals surface area contributed by atoms with Crippen molar-refractivity contribution in [3.05, 3.63) is 35.4 Å². The number of carbonyl (C=O) groups is 1. The van der Waals surface area contributed by atoms with E-state index in [1.807, 2.05) is 12.1 Å². The molecule has 92 valence electrons. The molecule has 0 bridgehead atoms. The summed E-state index contributed by atoms with van der Waals surface area (Å²) in [7, 11) is 0. The van der Waals surface area contributed by atoms with Crippen LogP contribution in [0.4, 0.5) is 0 Å². The van der Waals surface area contributed by atoms with Crippen molar-refractivity contribution in [3.8, 4) is 0 Å². The van der Waals surface area contributed by atoms with E-state index in [-0.39, 0.29) is 24.4 Å². The molecule has 0 heterocycles. The minimum absolute atomic E-state index is 0. The summed E-state index contributed by atoms with van der Waals surface area (Å²) in [5.41, 5.74) is 7.94. The van der Waals surface area contributed by atoms with E-state index in [0.29, 0.717) is 0 Å². The third kappa shape index (κ3) is 2.17. The molecule has 1 unspecified atom stereocenters. The largest absolute Gasteiger partial charge is 0.348 e. The molecule has 3 nitrogen and oxygen atoms in total. The van der Waals surface area contributed by atoms with Gasteiger partial charge in [-0.25, -0.2) is 0 Å². The number of carbonyl (C=O) groups excluding carboxylic acids is 1. The summed E-state index contributed by atoms with van der Waals surface area (Å²) in [6.07, 6.45) is 3.71. The van der Waals surface area contributed by atoms with Crippen LogP contribution in [0.25, 0.3) is 0 Å². The molecule has 4 heteroatoms. The minimum atomic E-state index is -0.558. The number of rotatable bonds is 2. The zero-order valence-electron chi connectivity index (χ0n) is 9.61. The summed E-state index contributed by atoms with van der Waals surface area (Å²) < 4.78 is 0. The Hall–Kier alpha value is -1.06. The molecule has 0 aliphatic heterocycles. The van der Waals surface area contributed by atoms with Gasteiger partial charge in [0.1, 0.15) is 0 Å². The molecule has 0 saturated heterocycles. The molecule has 0 radical (unpaired) electrons. The molecule has 3 rings (SSSR count). The first-order chi connectivity index (χ1) is 7.69. The molecule has 17 heavy (non-hydrogen) atoms. The number of hydrogen-bond acceptors (Lipinski definition) is 2. The second-order valence-corrected chi connectivity index (χ2v) is 4.92. The molecule has 2 aliphatic carbocycles. The van der Waals surface area contributed by atoms with Gasteiger partial charge in [-0.05, 0) is 36.8 Å². The molecule has 1 saturated carbocycles. The highest BCUT2D eigenvalue weighted by atomic mass is 35.5. The predicted molar refractivity (Wildman–Crippen MR) is 69.0 cm³/mol. The van der Waals surface area contributed by atoms with Crippen LogP contribution in [0, 0.1) is 0 Å². The number of nitrogens with two attached hydrogens (primary N) is 1. The molecule has 1 aromatic carbocycles. The number of fused-ring (bicyclic) bond motifs is 1. The number of benzene rings is 1. The Kier molecular flexibility index (Phi) is 3.15. The standard InChI is InChI=1S/C13H16N2O.ClH/c14-13(7-8-13)12(16)15-11-6-5-9-3-1-2-4-10(9)11;/h1-4,11H,5-8,14H2,(H,15,16);1H. The first kappa shape index (κ1) is 12.4. The third-order valence-electron chi connectivity index (χ3n) is 3.68. The molecule has 1 fully saturated rings. The number of hydrogen-bond donors (Lipinski definition) is 2. The Morgan fingerprint density at radius 2 is 2.06 bits per heavy atom. The SMILES string of the molecule is Cl.NC1(C(=O)NC2CCc3ccccc32)CC1. The highest BCUT2D eigenvalue weighted by molar-refractivity contribution is 5.89. The van der Waals surface area contributed by atoms with Gasteiger partial charge < -0.3 is 11.1 Å². The van der Waals surface area contributed by atoms with E-state index in [1.54, 1.807) is 0 Å². The summed E-state index contributed by atoms with van der Waals surface area (Å²) in [6.45, 7) is 0. The van der Waals surface area contributed by atoms with Gasteiger partial charge in [-0.15, -0.1) is 12.4 Å². The van der Waals surface area contributed by atoms with Crippen LogP contribution in [-0.2, 0) is 11.2 Å². The van der Waals surface area contributed by atoms with Crippen molar-refractivity contribution in [2.75, 3.05) is 0 Å². The van der Waals surface area contributed by atoms with Crippen LogP contribution >= 0.6 is 12.4 Å². The van der Waals surface area contributed by atoms with Gasteiger partial charge in [0.15, 0.2) is 0 Å². The van der Waals surface area contributed by atoms with Gasteiger partial charge in [0, 0.05) is 0 Å². The summed E-state index contributed by atoms with van der Waals surface area (Å²) in [5.74, 6) is 0.0224. The second kappa shape index (κ2) is 4.31. The van der Waals surface area contributed by atoms with Crippen molar-refractivity contribution in [2.45, 2.75) is 37.3 Å². The van der Waals surface area contributed by atoms with Crippen LogP contribution in [0.5, 0.6) is 0 Å². The van der Waals surface area contributed by atoms with Crippen LogP contribution in [0.15, 0.2) is 24.3 Å². The average Bonchev–Trinajstić information content (AvgIpc) is 2.92. The van der Waals surface area contributed by atoms with E-state index in [4.69, 9.17) is 5.73 Å². The maximum atomic E-state index is 11.9. The Labute approximate surface area is 107 Å². The van der Waals surface area contributed by atoms with Crippen LogP contribution < -0.4 is 11.1 Å². The number of amides is 1. The van der Waals surface area contributed by atoms with Gasteiger partial charge in [-0.1, -0.05) is 24.3 Å². The summed E-state index contributed by atoms with van der Waals surface area (Å²) in [6, 6.07) is 8.48. The lowest BCUT2D eigenvalue weighted by molar-refractivity contribution is -0.124. The highest BCUT2D eigenvalue weighted by Crippen LogP contribution is 2.35. The maximum Gasteiger partial charge on any atom is 0.240 e. The van der Waals surface area contributed by atoms with E-state index < -0.39 is 5.54 Å². The Morgan fingerprint density at radius 3 is 2.76 bits per heavy atom. The fraction of sp³-hybridized carbons (Fsp3) is 0.462. The molecule has 1 amide bonds. The lowest BCUT2D eigenvalue weighted by atomic mass is 10.1. The Morgan fingerprint density at radius 1 is 1.35 bits per heavy atom. The lowest BCUT2D eigenvalue weighted by Crippen LogP contribution is -2.43. The zero-order valence-corrected chi connectivity index (χ0v) is 10.4. The number of nitrogens with one attached hydrogen (secondary N) is 1. The van der Waals surface area contributed by atoms with Crippen molar-refractivity contribution in [1.29, 1.82) is 0 Å². The van der Waals surface area contributed by atoms with Crippen LogP contribution in [0.1, 0.15) is 36.4 Å². The van der Waals surface area contributed by atoms with Crippen molar-refractivity contribution in [3.63, 3.8) is 0 Å². The summed E-state index contributed by atoms with van der Waals surface area (Å²) >= 11 is 0. The van der Waals surface area contributed by atoms with E-state index in [1.165, 1.54) is 11.1 Å². The van der Waals surface area contributed by atoms with Crippen molar-refractivity contribution in [1.82, 2.24) is 5.32 Å². The molecule has 3 N–H and O–H groups in total. The predicted octanol–water partition coefficient (Wildman–Crippen LogP) is 1.70. The fourth-order valence-corrected chi connectivity index (χ4v) is 2.37.